The lowest BCUT2D eigenvalue weighted by atomic mass is 9.98. The number of aromatic nitrogens is 3. The van der Waals surface area contributed by atoms with Crippen molar-refractivity contribution in [1.82, 2.24) is 19.9 Å². The molecule has 6 heteroatoms. The van der Waals surface area contributed by atoms with Crippen molar-refractivity contribution in [2.24, 2.45) is 0 Å². The summed E-state index contributed by atoms with van der Waals surface area (Å²) in [6.07, 6.45) is 10.6. The van der Waals surface area contributed by atoms with Crippen molar-refractivity contribution < 1.29 is 9.47 Å². The van der Waals surface area contributed by atoms with Crippen LogP contribution in [0, 0.1) is 0 Å². The minimum Gasteiger partial charge on any atom is -0.496 e. The smallest absolute Gasteiger partial charge is 0.127 e. The molecule has 0 spiro atoms. The van der Waals surface area contributed by atoms with Crippen LogP contribution in [0.25, 0.3) is 44.2 Å². The molecule has 37 heavy (non-hydrogen) atoms. The average molecular weight is 493 g/mol. The Morgan fingerprint density at radius 3 is 2.57 bits per heavy atom. The second-order valence-corrected chi connectivity index (χ2v) is 9.68. The number of hydrogen-bond acceptors (Lipinski definition) is 5. The summed E-state index contributed by atoms with van der Waals surface area (Å²) in [5.41, 5.74) is 6.07. The Balaban J connectivity index is 1.29. The maximum Gasteiger partial charge on any atom is 0.127 e. The van der Waals surface area contributed by atoms with Gasteiger partial charge in [0.1, 0.15) is 11.5 Å². The number of pyridine rings is 2. The number of aromatic amines is 1. The van der Waals surface area contributed by atoms with E-state index in [2.05, 4.69) is 56.3 Å². The molecule has 0 bridgehead atoms. The quantitative estimate of drug-likeness (QED) is 0.244. The van der Waals surface area contributed by atoms with Gasteiger partial charge in [0, 0.05) is 46.4 Å². The summed E-state index contributed by atoms with van der Waals surface area (Å²) in [7, 11) is 1.72. The van der Waals surface area contributed by atoms with E-state index in [1.807, 2.05) is 30.6 Å². The highest BCUT2D eigenvalue weighted by Crippen LogP contribution is 2.41. The first-order chi connectivity index (χ1) is 18.3. The van der Waals surface area contributed by atoms with E-state index in [-0.39, 0.29) is 0 Å². The minimum atomic E-state index is 0.737. The predicted molar refractivity (Wildman–Crippen MR) is 149 cm³/mol. The highest BCUT2D eigenvalue weighted by atomic mass is 16.5. The van der Waals surface area contributed by atoms with Gasteiger partial charge in [-0.3, -0.25) is 9.97 Å². The second-order valence-electron chi connectivity index (χ2n) is 9.68. The van der Waals surface area contributed by atoms with Crippen LogP contribution in [0.4, 0.5) is 0 Å². The highest BCUT2D eigenvalue weighted by molar-refractivity contribution is 6.16. The second kappa shape index (κ2) is 10.6. The van der Waals surface area contributed by atoms with E-state index in [9.17, 15) is 0 Å². The zero-order valence-corrected chi connectivity index (χ0v) is 21.2. The van der Waals surface area contributed by atoms with Crippen LogP contribution in [-0.2, 0) is 0 Å². The van der Waals surface area contributed by atoms with Gasteiger partial charge in [-0.15, -0.1) is 0 Å². The van der Waals surface area contributed by atoms with E-state index in [1.165, 1.54) is 32.4 Å². The summed E-state index contributed by atoms with van der Waals surface area (Å²) >= 11 is 0. The zero-order chi connectivity index (χ0) is 25.0. The first kappa shape index (κ1) is 23.5. The molecule has 0 unspecified atom stereocenters. The van der Waals surface area contributed by atoms with E-state index in [1.54, 1.807) is 13.3 Å². The standard InChI is InChI=1S/C31H32N4O2/c1-36-29-13-12-26-31(25-19-27(33-21-28(25)34-26)23-7-5-14-32-20-23)30(29)22-8-10-24(11-9-22)37-18-6-17-35-15-3-2-4-16-35/h5,7-14,19-21,34H,2-4,6,15-18H2,1H3. The summed E-state index contributed by atoms with van der Waals surface area (Å²) in [4.78, 5) is 15.0. The third-order valence-electron chi connectivity index (χ3n) is 7.27. The molecule has 2 aromatic carbocycles. The molecule has 1 aliphatic rings. The average Bonchev–Trinajstić information content (AvgIpc) is 3.34. The van der Waals surface area contributed by atoms with Crippen LogP contribution in [0.5, 0.6) is 11.5 Å². The molecule has 1 aliphatic heterocycles. The number of H-pyrrole nitrogens is 1. The van der Waals surface area contributed by atoms with Crippen molar-refractivity contribution in [3.63, 3.8) is 0 Å². The third kappa shape index (κ3) is 4.89. The normalized spacial score (nSPS) is 14.3. The summed E-state index contributed by atoms with van der Waals surface area (Å²) in [5, 5.41) is 2.23. The number of fused-ring (bicyclic) bond motifs is 3. The van der Waals surface area contributed by atoms with Gasteiger partial charge in [-0.25, -0.2) is 0 Å². The topological polar surface area (TPSA) is 63.3 Å². The van der Waals surface area contributed by atoms with Gasteiger partial charge in [0.25, 0.3) is 0 Å². The van der Waals surface area contributed by atoms with Crippen LogP contribution in [0.1, 0.15) is 25.7 Å². The monoisotopic (exact) mass is 492 g/mol. The Kier molecular flexibility index (Phi) is 6.74. The molecule has 6 rings (SSSR count). The van der Waals surface area contributed by atoms with Gasteiger partial charge in [0.2, 0.25) is 0 Å². The van der Waals surface area contributed by atoms with Crippen LogP contribution in [0.15, 0.2) is 73.2 Å². The Hall–Kier alpha value is -3.90. The van der Waals surface area contributed by atoms with Crippen molar-refractivity contribution in [2.75, 3.05) is 33.4 Å². The summed E-state index contributed by atoms with van der Waals surface area (Å²) < 4.78 is 11.9. The van der Waals surface area contributed by atoms with Crippen LogP contribution >= 0.6 is 0 Å². The SMILES string of the molecule is COc1ccc2[nH]c3cnc(-c4cccnc4)cc3c2c1-c1ccc(OCCCN2CCCCC2)cc1. The molecule has 1 saturated heterocycles. The van der Waals surface area contributed by atoms with E-state index >= 15 is 0 Å². The maximum atomic E-state index is 6.07. The number of piperidine rings is 1. The van der Waals surface area contributed by atoms with Crippen molar-refractivity contribution in [1.29, 1.82) is 0 Å². The number of nitrogens with one attached hydrogen (secondary N) is 1. The molecule has 0 radical (unpaired) electrons. The molecule has 188 valence electrons. The van der Waals surface area contributed by atoms with Crippen LogP contribution in [0.3, 0.4) is 0 Å². The van der Waals surface area contributed by atoms with E-state index in [4.69, 9.17) is 9.47 Å². The van der Waals surface area contributed by atoms with E-state index in [0.29, 0.717) is 0 Å². The number of ether oxygens (including phenoxy) is 2. The Bertz CT molecular complexity index is 1490. The Morgan fingerprint density at radius 1 is 0.919 bits per heavy atom. The molecule has 0 atom stereocenters. The zero-order valence-electron chi connectivity index (χ0n) is 21.2. The molecule has 1 fully saturated rings. The third-order valence-corrected chi connectivity index (χ3v) is 7.27. The fraction of sp³-hybridized carbons (Fsp3) is 0.290. The number of benzene rings is 2. The van der Waals surface area contributed by atoms with Crippen LogP contribution in [-0.4, -0.2) is 53.2 Å². The molecule has 0 saturated carbocycles. The first-order valence-electron chi connectivity index (χ1n) is 13.1. The van der Waals surface area contributed by atoms with Crippen molar-refractivity contribution in [3.05, 3.63) is 73.2 Å². The van der Waals surface area contributed by atoms with Crippen LogP contribution in [0.2, 0.25) is 0 Å². The van der Waals surface area contributed by atoms with Gasteiger partial charge >= 0.3 is 0 Å². The molecule has 3 aromatic heterocycles. The molecule has 0 amide bonds. The summed E-state index contributed by atoms with van der Waals surface area (Å²) in [6, 6.07) is 18.6. The van der Waals surface area contributed by atoms with Gasteiger partial charge in [-0.1, -0.05) is 18.6 Å². The van der Waals surface area contributed by atoms with Gasteiger partial charge < -0.3 is 19.4 Å². The number of methoxy groups -OCH3 is 1. The van der Waals surface area contributed by atoms with Crippen LogP contribution < -0.4 is 9.47 Å². The molecule has 6 nitrogen and oxygen atoms in total. The lowest BCUT2D eigenvalue weighted by Gasteiger charge is -2.26. The van der Waals surface area contributed by atoms with Gasteiger partial charge in [0.05, 0.1) is 31.1 Å². The van der Waals surface area contributed by atoms with Gasteiger partial charge in [-0.2, -0.15) is 0 Å². The van der Waals surface area contributed by atoms with Gasteiger partial charge in [0.15, 0.2) is 0 Å². The van der Waals surface area contributed by atoms with Crippen molar-refractivity contribution >= 4 is 21.8 Å². The molecule has 4 heterocycles. The lowest BCUT2D eigenvalue weighted by molar-refractivity contribution is 0.205. The van der Waals surface area contributed by atoms with E-state index in [0.717, 1.165) is 75.3 Å². The maximum absolute atomic E-state index is 6.07. The van der Waals surface area contributed by atoms with Gasteiger partial charge in [-0.05, 0) is 80.4 Å². The predicted octanol–water partition coefficient (Wildman–Crippen LogP) is 6.71. The Labute approximate surface area is 217 Å². The number of likely N-dealkylation sites (tertiary alicyclic amines) is 1. The molecule has 5 aromatic rings. The summed E-state index contributed by atoms with van der Waals surface area (Å²) in [6.45, 7) is 4.32. The highest BCUT2D eigenvalue weighted by Gasteiger charge is 2.17. The van der Waals surface area contributed by atoms with E-state index < -0.39 is 0 Å². The molecular formula is C31H32N4O2. The Morgan fingerprint density at radius 2 is 1.78 bits per heavy atom. The largest absolute Gasteiger partial charge is 0.496 e. The summed E-state index contributed by atoms with van der Waals surface area (Å²) in [5.74, 6) is 1.74. The molecule has 1 N–H and O–H groups in total. The lowest BCUT2D eigenvalue weighted by Crippen LogP contribution is -2.31. The molecule has 0 aliphatic carbocycles. The first-order valence-corrected chi connectivity index (χ1v) is 13.1. The van der Waals surface area contributed by atoms with Crippen molar-refractivity contribution in [2.45, 2.75) is 25.7 Å². The number of rotatable bonds is 8. The molecular weight excluding hydrogens is 460 g/mol. The van der Waals surface area contributed by atoms with Crippen molar-refractivity contribution in [3.8, 4) is 33.9 Å². The number of hydrogen-bond donors (Lipinski definition) is 1. The fourth-order valence-corrected chi connectivity index (χ4v) is 5.38. The number of nitrogens with zero attached hydrogens (tertiary/aromatic N) is 3. The fourth-order valence-electron chi connectivity index (χ4n) is 5.38. The minimum absolute atomic E-state index is 0.737.